The van der Waals surface area contributed by atoms with Gasteiger partial charge in [-0.1, -0.05) is 72.3 Å². The summed E-state index contributed by atoms with van der Waals surface area (Å²) in [6.07, 6.45) is 0.503. The van der Waals surface area contributed by atoms with E-state index in [0.717, 1.165) is 27.3 Å². The molecule has 0 aliphatic carbocycles. The highest BCUT2D eigenvalue weighted by Gasteiger charge is 2.50. The van der Waals surface area contributed by atoms with Gasteiger partial charge in [0.25, 0.3) is 11.8 Å². The molecule has 2 aliphatic heterocycles. The number of hydrogen-bond acceptors (Lipinski definition) is 5. The van der Waals surface area contributed by atoms with Crippen LogP contribution < -0.4 is 10.1 Å². The fourth-order valence-corrected chi connectivity index (χ4v) is 4.76. The van der Waals surface area contributed by atoms with Crippen molar-refractivity contribution in [1.29, 1.82) is 0 Å². The molecule has 2 heterocycles. The van der Waals surface area contributed by atoms with Crippen LogP contribution in [0.3, 0.4) is 0 Å². The van der Waals surface area contributed by atoms with Gasteiger partial charge in [-0.2, -0.15) is 5.10 Å². The third-order valence-corrected chi connectivity index (χ3v) is 6.97. The van der Waals surface area contributed by atoms with Crippen LogP contribution in [0.15, 0.2) is 84.0 Å². The van der Waals surface area contributed by atoms with Gasteiger partial charge in [0.2, 0.25) is 0 Å². The fourth-order valence-electron chi connectivity index (χ4n) is 4.76. The predicted octanol–water partition coefficient (Wildman–Crippen LogP) is 4.15. The summed E-state index contributed by atoms with van der Waals surface area (Å²) in [7, 11) is 1.60. The van der Waals surface area contributed by atoms with E-state index < -0.39 is 29.9 Å². The molecule has 0 radical (unpaired) electrons. The molecule has 0 spiro atoms. The lowest BCUT2D eigenvalue weighted by Gasteiger charge is -2.25. The number of hydrazone groups is 1. The molecule has 37 heavy (non-hydrogen) atoms. The highest BCUT2D eigenvalue weighted by atomic mass is 16.5. The number of ether oxygens (including phenoxy) is 1. The Balaban J connectivity index is 1.42. The molecule has 8 nitrogen and oxygen atoms in total. The topological polar surface area (TPSA) is 91.3 Å². The summed E-state index contributed by atoms with van der Waals surface area (Å²) in [5, 5.41) is 8.82. The Morgan fingerprint density at radius 1 is 1.03 bits per heavy atom. The first-order chi connectivity index (χ1) is 17.8. The van der Waals surface area contributed by atoms with Crippen molar-refractivity contribution in [2.24, 2.45) is 5.10 Å². The summed E-state index contributed by atoms with van der Waals surface area (Å²) < 4.78 is 5.27. The molecule has 2 aliphatic rings. The zero-order valence-corrected chi connectivity index (χ0v) is 21.0. The number of aryl methyl sites for hydroxylation is 1. The molecule has 4 amide bonds. The van der Waals surface area contributed by atoms with Crippen molar-refractivity contribution >= 4 is 23.6 Å². The molecule has 0 bridgehead atoms. The van der Waals surface area contributed by atoms with Crippen LogP contribution in [0.4, 0.5) is 4.79 Å². The van der Waals surface area contributed by atoms with Crippen molar-refractivity contribution < 1.29 is 19.1 Å². The SMILES string of the molecule is COc1ccc(C2CC(c3ccccc3)=NN2C(=O)CN2C(=O)NC(C)(c3ccc(C)cc3)C2=O)cc1. The van der Waals surface area contributed by atoms with E-state index in [0.29, 0.717) is 17.7 Å². The van der Waals surface area contributed by atoms with Gasteiger partial charge in [-0.3, -0.25) is 14.5 Å². The van der Waals surface area contributed by atoms with Crippen molar-refractivity contribution in [1.82, 2.24) is 15.2 Å². The molecule has 3 aromatic carbocycles. The van der Waals surface area contributed by atoms with Gasteiger partial charge >= 0.3 is 6.03 Å². The second-order valence-electron chi connectivity index (χ2n) is 9.46. The second-order valence-corrected chi connectivity index (χ2v) is 9.46. The van der Waals surface area contributed by atoms with Crippen molar-refractivity contribution in [3.63, 3.8) is 0 Å². The van der Waals surface area contributed by atoms with E-state index in [2.05, 4.69) is 10.4 Å². The molecular weight excluding hydrogens is 468 g/mol. The van der Waals surface area contributed by atoms with Gasteiger partial charge in [-0.25, -0.2) is 9.80 Å². The third kappa shape index (κ3) is 4.46. The minimum Gasteiger partial charge on any atom is -0.497 e. The second kappa shape index (κ2) is 9.54. The maximum Gasteiger partial charge on any atom is 0.325 e. The summed E-state index contributed by atoms with van der Waals surface area (Å²) in [6, 6.07) is 23.5. The number of rotatable bonds is 6. The average Bonchev–Trinajstić information content (AvgIpc) is 3.46. The molecule has 1 saturated heterocycles. The van der Waals surface area contributed by atoms with Crippen molar-refractivity contribution in [2.45, 2.75) is 31.8 Å². The highest BCUT2D eigenvalue weighted by Crippen LogP contribution is 2.35. The van der Waals surface area contributed by atoms with Crippen LogP contribution in [0.2, 0.25) is 0 Å². The van der Waals surface area contributed by atoms with Crippen LogP contribution in [0.1, 0.15) is 41.6 Å². The van der Waals surface area contributed by atoms with Gasteiger partial charge < -0.3 is 10.1 Å². The number of nitrogens with one attached hydrogen (secondary N) is 1. The molecule has 2 atom stereocenters. The summed E-state index contributed by atoms with van der Waals surface area (Å²) in [5.41, 5.74) is 3.01. The fraction of sp³-hybridized carbons (Fsp3) is 0.241. The Hall–Kier alpha value is -4.46. The molecule has 2 unspecified atom stereocenters. The first-order valence-corrected chi connectivity index (χ1v) is 12.1. The minimum absolute atomic E-state index is 0.377. The first kappa shape index (κ1) is 24.2. The quantitative estimate of drug-likeness (QED) is 0.519. The lowest BCUT2D eigenvalue weighted by molar-refractivity contribution is -0.140. The van der Waals surface area contributed by atoms with Crippen LogP contribution in [-0.4, -0.2) is 47.1 Å². The van der Waals surface area contributed by atoms with Gasteiger partial charge in [0.1, 0.15) is 17.8 Å². The van der Waals surface area contributed by atoms with Crippen LogP contribution >= 0.6 is 0 Å². The Morgan fingerprint density at radius 2 is 1.70 bits per heavy atom. The number of hydrogen-bond donors (Lipinski definition) is 1. The number of imide groups is 1. The lowest BCUT2D eigenvalue weighted by atomic mass is 9.91. The maximum atomic E-state index is 13.6. The molecule has 1 fully saturated rings. The normalized spacial score (nSPS) is 21.2. The van der Waals surface area contributed by atoms with Gasteiger partial charge in [-0.15, -0.1) is 0 Å². The van der Waals surface area contributed by atoms with E-state index in [1.54, 1.807) is 14.0 Å². The van der Waals surface area contributed by atoms with Gasteiger partial charge in [0.15, 0.2) is 0 Å². The lowest BCUT2D eigenvalue weighted by Crippen LogP contribution is -2.43. The van der Waals surface area contributed by atoms with Crippen molar-refractivity contribution in [3.05, 3.63) is 101 Å². The van der Waals surface area contributed by atoms with E-state index in [9.17, 15) is 14.4 Å². The maximum absolute atomic E-state index is 13.6. The monoisotopic (exact) mass is 496 g/mol. The standard InChI is InChI=1S/C29H28N4O4/c1-19-9-13-22(14-10-19)29(2)27(35)32(28(36)30-29)18-26(34)33-25(21-11-15-23(37-3)16-12-21)17-24(31-33)20-7-5-4-6-8-20/h4-16,25H,17-18H2,1-3H3,(H,30,36). The number of urea groups is 1. The van der Waals surface area contributed by atoms with Crippen LogP contribution in [-0.2, 0) is 15.1 Å². The van der Waals surface area contributed by atoms with Gasteiger partial charge in [-0.05, 0) is 42.7 Å². The van der Waals surface area contributed by atoms with Crippen LogP contribution in [0.25, 0.3) is 0 Å². The number of benzene rings is 3. The van der Waals surface area contributed by atoms with Gasteiger partial charge in [0.05, 0.1) is 18.9 Å². The molecule has 1 N–H and O–H groups in total. The summed E-state index contributed by atoms with van der Waals surface area (Å²) in [6.45, 7) is 3.19. The van der Waals surface area contributed by atoms with Crippen molar-refractivity contribution in [2.75, 3.05) is 13.7 Å². The third-order valence-electron chi connectivity index (χ3n) is 6.97. The van der Waals surface area contributed by atoms with E-state index in [1.165, 1.54) is 5.01 Å². The van der Waals surface area contributed by atoms with E-state index >= 15 is 0 Å². The smallest absolute Gasteiger partial charge is 0.325 e. The predicted molar refractivity (Wildman–Crippen MR) is 139 cm³/mol. The Morgan fingerprint density at radius 3 is 2.35 bits per heavy atom. The molecular formula is C29H28N4O4. The highest BCUT2D eigenvalue weighted by molar-refractivity contribution is 6.09. The number of amides is 4. The Kier molecular flexibility index (Phi) is 6.25. The average molecular weight is 497 g/mol. The Labute approximate surface area is 215 Å². The number of nitrogens with zero attached hydrogens (tertiary/aromatic N) is 3. The van der Waals surface area contributed by atoms with Crippen LogP contribution in [0.5, 0.6) is 5.75 Å². The minimum atomic E-state index is -1.25. The van der Waals surface area contributed by atoms with Crippen LogP contribution in [0, 0.1) is 6.92 Å². The first-order valence-electron chi connectivity index (χ1n) is 12.1. The van der Waals surface area contributed by atoms with E-state index in [1.807, 2.05) is 85.8 Å². The Bertz CT molecular complexity index is 1370. The summed E-state index contributed by atoms with van der Waals surface area (Å²) in [5.74, 6) is -0.205. The van der Waals surface area contributed by atoms with Gasteiger partial charge in [0, 0.05) is 6.42 Å². The summed E-state index contributed by atoms with van der Waals surface area (Å²) in [4.78, 5) is 40.8. The summed E-state index contributed by atoms with van der Waals surface area (Å²) >= 11 is 0. The molecule has 0 saturated carbocycles. The molecule has 3 aromatic rings. The molecule has 8 heteroatoms. The largest absolute Gasteiger partial charge is 0.497 e. The number of methoxy groups -OCH3 is 1. The molecule has 188 valence electrons. The molecule has 5 rings (SSSR count). The zero-order valence-electron chi connectivity index (χ0n) is 21.0. The van der Waals surface area contributed by atoms with Crippen molar-refractivity contribution in [3.8, 4) is 5.75 Å². The number of carbonyl (C=O) groups excluding carboxylic acids is 3. The zero-order chi connectivity index (χ0) is 26.2. The van der Waals surface area contributed by atoms with E-state index in [4.69, 9.17) is 4.74 Å². The molecule has 0 aromatic heterocycles. The number of carbonyl (C=O) groups is 3. The van der Waals surface area contributed by atoms with E-state index in [-0.39, 0.29) is 6.04 Å².